The van der Waals surface area contributed by atoms with Crippen molar-refractivity contribution < 1.29 is 9.59 Å². The van der Waals surface area contributed by atoms with Crippen LogP contribution in [0.1, 0.15) is 20.7 Å². The minimum absolute atomic E-state index is 0.252. The third kappa shape index (κ3) is 3.05. The predicted octanol–water partition coefficient (Wildman–Crippen LogP) is 3.43. The van der Waals surface area contributed by atoms with Crippen LogP contribution in [0.2, 0.25) is 5.02 Å². The van der Waals surface area contributed by atoms with Gasteiger partial charge in [-0.25, -0.2) is 0 Å². The van der Waals surface area contributed by atoms with Gasteiger partial charge in [-0.15, -0.1) is 0 Å². The summed E-state index contributed by atoms with van der Waals surface area (Å²) < 4.78 is 0. The molecule has 1 aromatic heterocycles. The van der Waals surface area contributed by atoms with Crippen molar-refractivity contribution in [2.45, 2.75) is 0 Å². The van der Waals surface area contributed by atoms with E-state index < -0.39 is 0 Å². The second-order valence-corrected chi connectivity index (χ2v) is 5.41. The fraction of sp³-hybridized carbons (Fsp3) is 0.0588. The molecule has 0 unspecified atom stereocenters. The highest BCUT2D eigenvalue weighted by molar-refractivity contribution is 6.34. The molecule has 2 amide bonds. The summed E-state index contributed by atoms with van der Waals surface area (Å²) in [7, 11) is 1.52. The average molecular weight is 328 g/mol. The number of hydrogen-bond acceptors (Lipinski definition) is 2. The van der Waals surface area contributed by atoms with E-state index in [0.717, 1.165) is 10.9 Å². The molecule has 2 aromatic carbocycles. The Kier molecular flexibility index (Phi) is 4.04. The molecule has 1 heterocycles. The maximum atomic E-state index is 12.4. The van der Waals surface area contributed by atoms with Crippen molar-refractivity contribution >= 4 is 40.0 Å². The van der Waals surface area contributed by atoms with E-state index in [2.05, 4.69) is 15.6 Å². The summed E-state index contributed by atoms with van der Waals surface area (Å²) in [6.07, 6.45) is 1.82. The Hall–Kier alpha value is -2.79. The lowest BCUT2D eigenvalue weighted by molar-refractivity contribution is 0.0961. The molecule has 116 valence electrons. The van der Waals surface area contributed by atoms with E-state index in [0.29, 0.717) is 21.8 Å². The van der Waals surface area contributed by atoms with Crippen molar-refractivity contribution in [2.75, 3.05) is 12.4 Å². The normalized spacial score (nSPS) is 10.5. The molecule has 0 bridgehead atoms. The summed E-state index contributed by atoms with van der Waals surface area (Å²) in [5, 5.41) is 6.57. The number of halogens is 1. The van der Waals surface area contributed by atoms with E-state index in [1.807, 2.05) is 18.3 Å². The molecule has 0 atom stereocenters. The zero-order chi connectivity index (χ0) is 16.4. The Morgan fingerprint density at radius 3 is 2.65 bits per heavy atom. The first kappa shape index (κ1) is 15.1. The first-order valence-electron chi connectivity index (χ1n) is 6.98. The van der Waals surface area contributed by atoms with E-state index in [4.69, 9.17) is 11.6 Å². The number of nitrogens with one attached hydrogen (secondary N) is 3. The van der Waals surface area contributed by atoms with Crippen molar-refractivity contribution in [1.29, 1.82) is 0 Å². The van der Waals surface area contributed by atoms with E-state index in [1.165, 1.54) is 7.05 Å². The van der Waals surface area contributed by atoms with Crippen LogP contribution in [0, 0.1) is 0 Å². The van der Waals surface area contributed by atoms with E-state index in [9.17, 15) is 9.59 Å². The Bertz CT molecular complexity index is 902. The highest BCUT2D eigenvalue weighted by Crippen LogP contribution is 2.21. The van der Waals surface area contributed by atoms with Crippen LogP contribution < -0.4 is 10.6 Å². The summed E-state index contributed by atoms with van der Waals surface area (Å²) in [5.74, 6) is -0.557. The van der Waals surface area contributed by atoms with E-state index in [-0.39, 0.29) is 11.8 Å². The number of aromatic nitrogens is 1. The van der Waals surface area contributed by atoms with Crippen molar-refractivity contribution in [3.05, 3.63) is 64.8 Å². The molecule has 23 heavy (non-hydrogen) atoms. The van der Waals surface area contributed by atoms with Crippen LogP contribution in [0.5, 0.6) is 0 Å². The molecule has 6 heteroatoms. The van der Waals surface area contributed by atoms with Gasteiger partial charge in [0.25, 0.3) is 11.8 Å². The second-order valence-electron chi connectivity index (χ2n) is 5.01. The smallest absolute Gasteiger partial charge is 0.255 e. The van der Waals surface area contributed by atoms with Gasteiger partial charge in [0.2, 0.25) is 0 Å². The Balaban J connectivity index is 1.86. The van der Waals surface area contributed by atoms with E-state index >= 15 is 0 Å². The second kappa shape index (κ2) is 6.14. The number of carbonyl (C=O) groups is 2. The van der Waals surface area contributed by atoms with Gasteiger partial charge in [0.15, 0.2) is 0 Å². The molecule has 0 aliphatic heterocycles. The molecule has 0 saturated heterocycles. The van der Waals surface area contributed by atoms with Crippen molar-refractivity contribution in [3.63, 3.8) is 0 Å². The van der Waals surface area contributed by atoms with Crippen molar-refractivity contribution in [3.8, 4) is 0 Å². The highest BCUT2D eigenvalue weighted by atomic mass is 35.5. The molecule has 3 rings (SSSR count). The fourth-order valence-electron chi connectivity index (χ4n) is 2.31. The van der Waals surface area contributed by atoms with E-state index in [1.54, 1.807) is 30.3 Å². The van der Waals surface area contributed by atoms with Crippen molar-refractivity contribution in [1.82, 2.24) is 10.3 Å². The summed E-state index contributed by atoms with van der Waals surface area (Å²) in [6, 6.07) is 12.1. The number of benzene rings is 2. The van der Waals surface area contributed by atoms with Crippen LogP contribution in [-0.2, 0) is 0 Å². The van der Waals surface area contributed by atoms with Gasteiger partial charge in [0.1, 0.15) is 0 Å². The van der Waals surface area contributed by atoms with Crippen LogP contribution in [0.4, 0.5) is 5.69 Å². The molecular weight excluding hydrogens is 314 g/mol. The lowest BCUT2D eigenvalue weighted by Gasteiger charge is -2.09. The lowest BCUT2D eigenvalue weighted by atomic mass is 10.1. The van der Waals surface area contributed by atoms with Gasteiger partial charge in [0, 0.05) is 35.4 Å². The number of anilines is 1. The SMILES string of the molecule is CNC(=O)c1cc(NC(=O)c2ccc3[nH]ccc3c2)ccc1Cl. The quantitative estimate of drug-likeness (QED) is 0.689. The van der Waals surface area contributed by atoms with Crippen LogP contribution in [0.15, 0.2) is 48.7 Å². The summed E-state index contributed by atoms with van der Waals surface area (Å²) >= 11 is 6.00. The monoisotopic (exact) mass is 327 g/mol. The molecule has 0 radical (unpaired) electrons. The fourth-order valence-corrected chi connectivity index (χ4v) is 2.51. The van der Waals surface area contributed by atoms with Gasteiger partial charge in [-0.3, -0.25) is 9.59 Å². The minimum Gasteiger partial charge on any atom is -0.361 e. The van der Waals surface area contributed by atoms with Gasteiger partial charge in [-0.2, -0.15) is 0 Å². The molecule has 3 N–H and O–H groups in total. The standard InChI is InChI=1S/C17H14ClN3O2/c1-19-17(23)13-9-12(3-4-14(13)18)21-16(22)11-2-5-15-10(8-11)6-7-20-15/h2-9,20H,1H3,(H,19,23)(H,21,22). The number of rotatable bonds is 3. The topological polar surface area (TPSA) is 74.0 Å². The summed E-state index contributed by atoms with van der Waals surface area (Å²) in [6.45, 7) is 0. The number of H-pyrrole nitrogens is 1. The number of carbonyl (C=O) groups excluding carboxylic acids is 2. The maximum absolute atomic E-state index is 12.4. The Morgan fingerprint density at radius 2 is 1.87 bits per heavy atom. The van der Waals surface area contributed by atoms with Gasteiger partial charge in [0.05, 0.1) is 10.6 Å². The predicted molar refractivity (Wildman–Crippen MR) is 91.1 cm³/mol. The maximum Gasteiger partial charge on any atom is 0.255 e. The molecule has 5 nitrogen and oxygen atoms in total. The first-order valence-corrected chi connectivity index (χ1v) is 7.36. The number of amides is 2. The summed E-state index contributed by atoms with van der Waals surface area (Å²) in [5.41, 5.74) is 2.32. The number of aromatic amines is 1. The highest BCUT2D eigenvalue weighted by Gasteiger charge is 2.12. The molecular formula is C17H14ClN3O2. The molecule has 0 saturated carbocycles. The van der Waals surface area contributed by atoms with Gasteiger partial charge in [-0.05, 0) is 42.5 Å². The number of hydrogen-bond donors (Lipinski definition) is 3. The molecule has 0 aliphatic rings. The van der Waals surface area contributed by atoms with Crippen molar-refractivity contribution in [2.24, 2.45) is 0 Å². The average Bonchev–Trinajstić information content (AvgIpc) is 3.03. The Labute approximate surface area is 137 Å². The van der Waals surface area contributed by atoms with Crippen LogP contribution in [0.3, 0.4) is 0 Å². The van der Waals surface area contributed by atoms with Crippen LogP contribution >= 0.6 is 11.6 Å². The first-order chi connectivity index (χ1) is 11.1. The van der Waals surface area contributed by atoms with Gasteiger partial charge >= 0.3 is 0 Å². The minimum atomic E-state index is -0.306. The largest absolute Gasteiger partial charge is 0.361 e. The third-order valence-electron chi connectivity index (χ3n) is 3.51. The molecule has 0 fully saturated rings. The zero-order valence-electron chi connectivity index (χ0n) is 12.3. The molecule has 0 spiro atoms. The van der Waals surface area contributed by atoms with Gasteiger partial charge in [-0.1, -0.05) is 11.6 Å². The zero-order valence-corrected chi connectivity index (χ0v) is 13.1. The summed E-state index contributed by atoms with van der Waals surface area (Å²) in [4.78, 5) is 27.2. The molecule has 0 aliphatic carbocycles. The van der Waals surface area contributed by atoms with Crippen LogP contribution in [0.25, 0.3) is 10.9 Å². The Morgan fingerprint density at radius 1 is 1.04 bits per heavy atom. The number of fused-ring (bicyclic) bond motifs is 1. The van der Waals surface area contributed by atoms with Crippen LogP contribution in [-0.4, -0.2) is 23.8 Å². The third-order valence-corrected chi connectivity index (χ3v) is 3.84. The lowest BCUT2D eigenvalue weighted by Crippen LogP contribution is -2.19. The molecule has 3 aromatic rings. The van der Waals surface area contributed by atoms with Gasteiger partial charge < -0.3 is 15.6 Å².